The molecule has 0 spiro atoms. The van der Waals surface area contributed by atoms with Gasteiger partial charge < -0.3 is 10.2 Å². The standard InChI is InChI=1S/C15H22N2/c1-11-7-8-16-15(11)13-5-6-14-12(10-13)4-3-9-17(14)2/h5-6,10-11,15-16H,3-4,7-9H2,1-2H3/t11-,15-/m0/s1. The Bertz CT molecular complexity index is 413. The third-order valence-corrected chi connectivity index (χ3v) is 4.35. The van der Waals surface area contributed by atoms with E-state index in [1.54, 1.807) is 0 Å². The Morgan fingerprint density at radius 3 is 3.00 bits per heavy atom. The van der Waals surface area contributed by atoms with E-state index in [0.29, 0.717) is 6.04 Å². The van der Waals surface area contributed by atoms with Gasteiger partial charge >= 0.3 is 0 Å². The Morgan fingerprint density at radius 1 is 1.35 bits per heavy atom. The van der Waals surface area contributed by atoms with Gasteiger partial charge in [-0.1, -0.05) is 19.1 Å². The molecule has 1 saturated heterocycles. The maximum Gasteiger partial charge on any atom is 0.0396 e. The maximum absolute atomic E-state index is 3.63. The molecule has 0 aromatic heterocycles. The van der Waals surface area contributed by atoms with Gasteiger partial charge in [0.15, 0.2) is 0 Å². The zero-order valence-corrected chi connectivity index (χ0v) is 10.9. The van der Waals surface area contributed by atoms with Crippen LogP contribution < -0.4 is 10.2 Å². The molecule has 2 aliphatic heterocycles. The van der Waals surface area contributed by atoms with Crippen molar-refractivity contribution in [2.45, 2.75) is 32.2 Å². The maximum atomic E-state index is 3.63. The summed E-state index contributed by atoms with van der Waals surface area (Å²) in [5.74, 6) is 0.773. The van der Waals surface area contributed by atoms with Crippen LogP contribution in [-0.4, -0.2) is 20.1 Å². The molecule has 1 N–H and O–H groups in total. The molecule has 0 radical (unpaired) electrons. The van der Waals surface area contributed by atoms with Crippen LogP contribution in [0.25, 0.3) is 0 Å². The molecule has 2 heterocycles. The zero-order chi connectivity index (χ0) is 11.8. The number of nitrogens with one attached hydrogen (secondary N) is 1. The molecular weight excluding hydrogens is 208 g/mol. The SMILES string of the molecule is C[C@H]1CCN[C@@H]1c1ccc2c(c1)CCCN2C. The van der Waals surface area contributed by atoms with Gasteiger partial charge in [0.2, 0.25) is 0 Å². The van der Waals surface area contributed by atoms with Crippen molar-refractivity contribution < 1.29 is 0 Å². The molecule has 0 bridgehead atoms. The number of nitrogens with zero attached hydrogens (tertiary/aromatic N) is 1. The summed E-state index contributed by atoms with van der Waals surface area (Å²) in [5.41, 5.74) is 4.46. The van der Waals surface area contributed by atoms with Crippen LogP contribution in [0.3, 0.4) is 0 Å². The second-order valence-corrected chi connectivity index (χ2v) is 5.61. The van der Waals surface area contributed by atoms with E-state index < -0.39 is 0 Å². The first-order chi connectivity index (χ1) is 8.25. The van der Waals surface area contributed by atoms with E-state index in [0.717, 1.165) is 5.92 Å². The van der Waals surface area contributed by atoms with E-state index >= 15 is 0 Å². The summed E-state index contributed by atoms with van der Waals surface area (Å²) in [5, 5.41) is 3.63. The first-order valence-corrected chi connectivity index (χ1v) is 6.83. The van der Waals surface area contributed by atoms with E-state index in [2.05, 4.69) is 42.4 Å². The smallest absolute Gasteiger partial charge is 0.0396 e. The van der Waals surface area contributed by atoms with Crippen molar-refractivity contribution in [2.24, 2.45) is 5.92 Å². The van der Waals surface area contributed by atoms with Crippen LogP contribution in [0.5, 0.6) is 0 Å². The second kappa shape index (κ2) is 4.34. The van der Waals surface area contributed by atoms with Crippen LogP contribution in [0.4, 0.5) is 5.69 Å². The molecule has 3 rings (SSSR count). The van der Waals surface area contributed by atoms with E-state index in [9.17, 15) is 0 Å². The normalized spacial score (nSPS) is 28.2. The fraction of sp³-hybridized carbons (Fsp3) is 0.600. The molecule has 1 aromatic rings. The predicted octanol–water partition coefficient (Wildman–Crippen LogP) is 2.74. The van der Waals surface area contributed by atoms with Crippen LogP contribution in [0.1, 0.15) is 36.9 Å². The summed E-state index contributed by atoms with van der Waals surface area (Å²) in [4.78, 5) is 2.38. The lowest BCUT2D eigenvalue weighted by Gasteiger charge is -2.29. The molecule has 0 aliphatic carbocycles. The molecule has 0 saturated carbocycles. The van der Waals surface area contributed by atoms with Crippen LogP contribution in [0.2, 0.25) is 0 Å². The predicted molar refractivity (Wildman–Crippen MR) is 72.6 cm³/mol. The molecule has 0 amide bonds. The third kappa shape index (κ3) is 1.95. The molecule has 1 fully saturated rings. The summed E-state index contributed by atoms with van der Waals surface area (Å²) >= 11 is 0. The van der Waals surface area contributed by atoms with E-state index in [-0.39, 0.29) is 0 Å². The minimum absolute atomic E-state index is 0.576. The summed E-state index contributed by atoms with van der Waals surface area (Å²) in [6.45, 7) is 4.73. The Labute approximate surface area is 104 Å². The van der Waals surface area contributed by atoms with Crippen LogP contribution >= 0.6 is 0 Å². The highest BCUT2D eigenvalue weighted by Gasteiger charge is 2.25. The first kappa shape index (κ1) is 11.1. The van der Waals surface area contributed by atoms with Crippen molar-refractivity contribution >= 4 is 5.69 Å². The van der Waals surface area contributed by atoms with Crippen LogP contribution in [0, 0.1) is 5.92 Å². The number of anilines is 1. The van der Waals surface area contributed by atoms with E-state index in [1.807, 2.05) is 0 Å². The third-order valence-electron chi connectivity index (χ3n) is 4.35. The quantitative estimate of drug-likeness (QED) is 0.798. The molecule has 2 heteroatoms. The van der Waals surface area contributed by atoms with E-state index in [1.165, 1.54) is 49.2 Å². The summed E-state index contributed by atoms with van der Waals surface area (Å²) in [6.07, 6.45) is 3.84. The van der Waals surface area contributed by atoms with Crippen LogP contribution in [-0.2, 0) is 6.42 Å². The van der Waals surface area contributed by atoms with Gasteiger partial charge in [-0.25, -0.2) is 0 Å². The Kier molecular flexibility index (Phi) is 2.83. The van der Waals surface area contributed by atoms with Gasteiger partial charge in [0.25, 0.3) is 0 Å². The largest absolute Gasteiger partial charge is 0.374 e. The van der Waals surface area contributed by atoms with Gasteiger partial charge in [-0.2, -0.15) is 0 Å². The zero-order valence-electron chi connectivity index (χ0n) is 10.9. The molecule has 0 unspecified atom stereocenters. The fourth-order valence-corrected chi connectivity index (χ4v) is 3.28. The van der Waals surface area contributed by atoms with Crippen molar-refractivity contribution in [3.8, 4) is 0 Å². The lowest BCUT2D eigenvalue weighted by Crippen LogP contribution is -2.25. The van der Waals surface area contributed by atoms with Crippen molar-refractivity contribution in [1.82, 2.24) is 5.32 Å². The van der Waals surface area contributed by atoms with Crippen molar-refractivity contribution in [2.75, 3.05) is 25.0 Å². The molecule has 2 nitrogen and oxygen atoms in total. The van der Waals surface area contributed by atoms with Gasteiger partial charge in [0, 0.05) is 25.3 Å². The van der Waals surface area contributed by atoms with Gasteiger partial charge in [0.05, 0.1) is 0 Å². The highest BCUT2D eigenvalue weighted by molar-refractivity contribution is 5.56. The van der Waals surface area contributed by atoms with Crippen molar-refractivity contribution in [3.05, 3.63) is 29.3 Å². The Balaban J connectivity index is 1.92. The minimum Gasteiger partial charge on any atom is -0.374 e. The molecular formula is C15H22N2. The molecule has 2 aliphatic rings. The summed E-state index contributed by atoms with van der Waals surface area (Å²) in [7, 11) is 2.20. The Morgan fingerprint density at radius 2 is 2.24 bits per heavy atom. The van der Waals surface area contributed by atoms with Crippen molar-refractivity contribution in [1.29, 1.82) is 0 Å². The molecule has 2 atom stereocenters. The molecule has 1 aromatic carbocycles. The highest BCUT2D eigenvalue weighted by atomic mass is 15.1. The average Bonchev–Trinajstić information content (AvgIpc) is 2.75. The number of aryl methyl sites for hydroxylation is 1. The number of fused-ring (bicyclic) bond motifs is 1. The highest BCUT2D eigenvalue weighted by Crippen LogP contribution is 2.33. The van der Waals surface area contributed by atoms with Gasteiger partial charge in [-0.3, -0.25) is 0 Å². The van der Waals surface area contributed by atoms with Gasteiger partial charge in [-0.05, 0) is 48.9 Å². The number of benzene rings is 1. The number of hydrogen-bond donors (Lipinski definition) is 1. The van der Waals surface area contributed by atoms with Gasteiger partial charge in [-0.15, -0.1) is 0 Å². The number of rotatable bonds is 1. The van der Waals surface area contributed by atoms with Crippen LogP contribution in [0.15, 0.2) is 18.2 Å². The minimum atomic E-state index is 0.576. The first-order valence-electron chi connectivity index (χ1n) is 6.83. The molecule has 92 valence electrons. The summed E-state index contributed by atoms with van der Waals surface area (Å²) in [6, 6.07) is 7.65. The lowest BCUT2D eigenvalue weighted by atomic mass is 9.92. The Hall–Kier alpha value is -1.02. The van der Waals surface area contributed by atoms with Crippen molar-refractivity contribution in [3.63, 3.8) is 0 Å². The second-order valence-electron chi connectivity index (χ2n) is 5.61. The van der Waals surface area contributed by atoms with E-state index in [4.69, 9.17) is 0 Å². The fourth-order valence-electron chi connectivity index (χ4n) is 3.28. The average molecular weight is 230 g/mol. The number of hydrogen-bond acceptors (Lipinski definition) is 2. The summed E-state index contributed by atoms with van der Waals surface area (Å²) < 4.78 is 0. The monoisotopic (exact) mass is 230 g/mol. The molecule has 17 heavy (non-hydrogen) atoms. The van der Waals surface area contributed by atoms with Gasteiger partial charge in [0.1, 0.15) is 0 Å². The topological polar surface area (TPSA) is 15.3 Å². The lowest BCUT2D eigenvalue weighted by molar-refractivity contribution is 0.503.